The molecule has 1 aromatic heterocycles. The molecule has 0 unspecified atom stereocenters. The van der Waals surface area contributed by atoms with Crippen LogP contribution in [0.5, 0.6) is 0 Å². The van der Waals surface area contributed by atoms with Crippen LogP contribution in [0.15, 0.2) is 12.3 Å². The Kier molecular flexibility index (Phi) is 6.12. The maximum absolute atomic E-state index is 12.0. The highest BCUT2D eigenvalue weighted by Gasteiger charge is 2.39. The third-order valence-corrected chi connectivity index (χ3v) is 4.05. The normalized spacial score (nSPS) is 21.0. The summed E-state index contributed by atoms with van der Waals surface area (Å²) >= 11 is 0. The molecule has 8 heteroatoms. The molecule has 0 saturated carbocycles. The van der Waals surface area contributed by atoms with Gasteiger partial charge in [0.1, 0.15) is 0 Å². The lowest BCUT2D eigenvalue weighted by atomic mass is 10.1. The van der Waals surface area contributed by atoms with Gasteiger partial charge >= 0.3 is 0 Å². The number of amides is 2. The molecular formula is C15H25N5O3. The second-order valence-electron chi connectivity index (χ2n) is 5.57. The van der Waals surface area contributed by atoms with E-state index in [1.54, 1.807) is 22.8 Å². The Bertz CT molecular complexity index is 545. The van der Waals surface area contributed by atoms with Crippen LogP contribution in [0.3, 0.4) is 0 Å². The summed E-state index contributed by atoms with van der Waals surface area (Å²) in [6.07, 6.45) is 2.09. The Morgan fingerprint density at radius 2 is 2.26 bits per heavy atom. The predicted octanol–water partition coefficient (Wildman–Crippen LogP) is -0.566. The van der Waals surface area contributed by atoms with Crippen molar-refractivity contribution < 1.29 is 14.3 Å². The maximum atomic E-state index is 12.0. The fourth-order valence-corrected chi connectivity index (χ4v) is 2.82. The summed E-state index contributed by atoms with van der Waals surface area (Å²) in [6.45, 7) is 3.71. The molecule has 0 aromatic carbocycles. The van der Waals surface area contributed by atoms with Crippen molar-refractivity contribution in [3.8, 4) is 0 Å². The first-order valence-electron chi connectivity index (χ1n) is 7.86. The van der Waals surface area contributed by atoms with Crippen LogP contribution in [0.25, 0.3) is 0 Å². The van der Waals surface area contributed by atoms with Crippen LogP contribution in [0.2, 0.25) is 0 Å². The van der Waals surface area contributed by atoms with Crippen LogP contribution in [-0.4, -0.2) is 65.9 Å². The molecule has 2 N–H and O–H groups in total. The molecule has 2 atom stereocenters. The van der Waals surface area contributed by atoms with Gasteiger partial charge in [0.25, 0.3) is 0 Å². The van der Waals surface area contributed by atoms with Crippen LogP contribution in [0.4, 0.5) is 0 Å². The van der Waals surface area contributed by atoms with Gasteiger partial charge in [0, 0.05) is 45.9 Å². The van der Waals surface area contributed by atoms with Crippen LogP contribution in [0.1, 0.15) is 25.1 Å². The molecule has 2 rings (SSSR count). The fraction of sp³-hybridized carbons (Fsp3) is 0.667. The number of nitrogens with zero attached hydrogens (tertiary/aromatic N) is 3. The lowest BCUT2D eigenvalue weighted by Gasteiger charge is -2.25. The number of carbonyl (C=O) groups is 2. The molecule has 1 aromatic rings. The molecule has 8 nitrogen and oxygen atoms in total. The number of aryl methyl sites for hydroxylation is 1. The van der Waals surface area contributed by atoms with E-state index in [4.69, 9.17) is 4.74 Å². The first-order valence-corrected chi connectivity index (χ1v) is 7.86. The predicted molar refractivity (Wildman–Crippen MR) is 84.6 cm³/mol. The first kappa shape index (κ1) is 17.4. The zero-order chi connectivity index (χ0) is 16.8. The van der Waals surface area contributed by atoms with Gasteiger partial charge < -0.3 is 20.3 Å². The summed E-state index contributed by atoms with van der Waals surface area (Å²) in [5.74, 6) is -0.0408. The average Bonchev–Trinajstić information content (AvgIpc) is 3.05. The number of likely N-dealkylation sites (N-methyl/N-ethyl adjacent to an activating group) is 1. The van der Waals surface area contributed by atoms with Crippen molar-refractivity contribution in [3.05, 3.63) is 18.0 Å². The average molecular weight is 323 g/mol. The van der Waals surface area contributed by atoms with Crippen LogP contribution in [0, 0.1) is 0 Å². The van der Waals surface area contributed by atoms with Crippen molar-refractivity contribution in [2.24, 2.45) is 7.05 Å². The van der Waals surface area contributed by atoms with E-state index in [-0.39, 0.29) is 30.4 Å². The van der Waals surface area contributed by atoms with Crippen LogP contribution in [-0.2, 0) is 21.4 Å². The summed E-state index contributed by atoms with van der Waals surface area (Å²) in [4.78, 5) is 25.6. The number of hydrogen-bond acceptors (Lipinski definition) is 5. The molecular weight excluding hydrogens is 298 g/mol. The summed E-state index contributed by atoms with van der Waals surface area (Å²) in [7, 11) is 3.63. The van der Waals surface area contributed by atoms with E-state index < -0.39 is 0 Å². The van der Waals surface area contributed by atoms with Crippen molar-refractivity contribution in [3.63, 3.8) is 0 Å². The van der Waals surface area contributed by atoms with E-state index in [0.717, 1.165) is 5.69 Å². The number of nitrogens with one attached hydrogen (secondary N) is 2. The number of likely N-dealkylation sites (tertiary alicyclic amines) is 1. The van der Waals surface area contributed by atoms with E-state index in [1.807, 2.05) is 20.0 Å². The highest BCUT2D eigenvalue weighted by molar-refractivity contribution is 5.81. The molecule has 0 spiro atoms. The SMILES string of the molecule is CCOCCNC(=O)CN[C@@H]1CC(=O)N(C)[C@H]1c1ccnn1C. The summed E-state index contributed by atoms with van der Waals surface area (Å²) in [5.41, 5.74) is 0.951. The Morgan fingerprint density at radius 1 is 1.48 bits per heavy atom. The van der Waals surface area contributed by atoms with Crippen LogP contribution < -0.4 is 10.6 Å². The van der Waals surface area contributed by atoms with Gasteiger partial charge in [0.2, 0.25) is 11.8 Å². The zero-order valence-corrected chi connectivity index (χ0v) is 13.9. The Labute approximate surface area is 136 Å². The lowest BCUT2D eigenvalue weighted by molar-refractivity contribution is -0.127. The molecule has 2 amide bonds. The van der Waals surface area contributed by atoms with E-state index in [1.165, 1.54) is 0 Å². The number of carbonyl (C=O) groups excluding carboxylic acids is 2. The van der Waals surface area contributed by atoms with Gasteiger partial charge in [-0.3, -0.25) is 14.3 Å². The van der Waals surface area contributed by atoms with Gasteiger partial charge in [-0.1, -0.05) is 0 Å². The maximum Gasteiger partial charge on any atom is 0.234 e. The molecule has 23 heavy (non-hydrogen) atoms. The highest BCUT2D eigenvalue weighted by atomic mass is 16.5. The second kappa shape index (κ2) is 8.07. The van der Waals surface area contributed by atoms with Crippen molar-refractivity contribution in [2.45, 2.75) is 25.4 Å². The Morgan fingerprint density at radius 3 is 2.91 bits per heavy atom. The van der Waals surface area contributed by atoms with Gasteiger partial charge in [-0.15, -0.1) is 0 Å². The van der Waals surface area contributed by atoms with Crippen LogP contribution >= 0.6 is 0 Å². The number of aromatic nitrogens is 2. The first-order chi connectivity index (χ1) is 11.0. The standard InChI is InChI=1S/C15H25N5O3/c1-4-23-8-7-16-13(21)10-17-11-9-14(22)19(2)15(11)12-5-6-18-20(12)3/h5-6,11,15,17H,4,7-10H2,1-3H3,(H,16,21)/t11-,15-/m1/s1. The number of ether oxygens (including phenoxy) is 1. The smallest absolute Gasteiger partial charge is 0.234 e. The highest BCUT2D eigenvalue weighted by Crippen LogP contribution is 2.31. The van der Waals surface area contributed by atoms with E-state index in [0.29, 0.717) is 26.2 Å². The van der Waals surface area contributed by atoms with E-state index in [9.17, 15) is 9.59 Å². The molecule has 1 aliphatic rings. The van der Waals surface area contributed by atoms with Gasteiger partial charge in [0.05, 0.1) is 24.9 Å². The zero-order valence-electron chi connectivity index (χ0n) is 13.9. The monoisotopic (exact) mass is 323 g/mol. The third-order valence-electron chi connectivity index (χ3n) is 4.05. The molecule has 0 aliphatic carbocycles. The van der Waals surface area contributed by atoms with Crippen molar-refractivity contribution in [1.29, 1.82) is 0 Å². The van der Waals surface area contributed by atoms with Gasteiger partial charge in [-0.25, -0.2) is 0 Å². The summed E-state index contributed by atoms with van der Waals surface area (Å²) in [5, 5.41) is 10.1. The Hall–Kier alpha value is -1.93. The number of rotatable bonds is 8. The molecule has 1 aliphatic heterocycles. The second-order valence-corrected chi connectivity index (χ2v) is 5.57. The molecule has 2 heterocycles. The van der Waals surface area contributed by atoms with Crippen molar-refractivity contribution >= 4 is 11.8 Å². The van der Waals surface area contributed by atoms with Crippen molar-refractivity contribution in [2.75, 3.05) is 33.4 Å². The molecule has 1 saturated heterocycles. The van der Waals surface area contributed by atoms with Gasteiger partial charge in [-0.2, -0.15) is 5.10 Å². The van der Waals surface area contributed by atoms with Gasteiger partial charge in [0.15, 0.2) is 0 Å². The molecule has 1 fully saturated rings. The van der Waals surface area contributed by atoms with E-state index >= 15 is 0 Å². The van der Waals surface area contributed by atoms with Crippen molar-refractivity contribution in [1.82, 2.24) is 25.3 Å². The minimum absolute atomic E-state index is 0.0606. The number of hydrogen-bond donors (Lipinski definition) is 2. The minimum Gasteiger partial charge on any atom is -0.380 e. The Balaban J connectivity index is 1.89. The topological polar surface area (TPSA) is 88.5 Å². The largest absolute Gasteiger partial charge is 0.380 e. The summed E-state index contributed by atoms with van der Waals surface area (Å²) in [6, 6.07) is 1.67. The quantitative estimate of drug-likeness (QED) is 0.626. The molecule has 128 valence electrons. The fourth-order valence-electron chi connectivity index (χ4n) is 2.82. The van der Waals surface area contributed by atoms with E-state index in [2.05, 4.69) is 15.7 Å². The molecule has 0 radical (unpaired) electrons. The summed E-state index contributed by atoms with van der Waals surface area (Å²) < 4.78 is 6.93. The third kappa shape index (κ3) is 4.29. The lowest BCUT2D eigenvalue weighted by Crippen LogP contribution is -2.42. The molecule has 0 bridgehead atoms. The minimum atomic E-state index is -0.119. The van der Waals surface area contributed by atoms with Gasteiger partial charge in [-0.05, 0) is 13.0 Å².